The maximum atomic E-state index is 12.7. The highest BCUT2D eigenvalue weighted by Crippen LogP contribution is 2.51. The fourth-order valence-corrected chi connectivity index (χ4v) is 3.66. The number of benzene rings is 1. The molecule has 0 bridgehead atoms. The largest absolute Gasteiger partial charge is 0.430 e. The average molecular weight is 324 g/mol. The van der Waals surface area contributed by atoms with Crippen molar-refractivity contribution >= 4 is 5.97 Å². The van der Waals surface area contributed by atoms with Crippen molar-refractivity contribution < 1.29 is 9.53 Å². The van der Waals surface area contributed by atoms with Gasteiger partial charge in [0, 0.05) is 11.5 Å². The summed E-state index contributed by atoms with van der Waals surface area (Å²) in [7, 11) is 0. The molecule has 1 aromatic rings. The van der Waals surface area contributed by atoms with Gasteiger partial charge in [-0.05, 0) is 22.8 Å². The molecule has 24 heavy (non-hydrogen) atoms. The molecule has 0 aromatic heterocycles. The third kappa shape index (κ3) is 2.94. The third-order valence-corrected chi connectivity index (χ3v) is 5.25. The predicted molar refractivity (Wildman–Crippen MR) is 97.4 cm³/mol. The molecule has 2 unspecified atom stereocenters. The first kappa shape index (κ1) is 17.0. The Kier molecular flexibility index (Phi) is 3.98. The molecule has 1 heterocycles. The molecule has 3 rings (SSSR count). The molecule has 1 aliphatic carbocycles. The van der Waals surface area contributed by atoms with Crippen LogP contribution >= 0.6 is 0 Å². The molecule has 1 aromatic carbocycles. The van der Waals surface area contributed by atoms with E-state index < -0.39 is 0 Å². The summed E-state index contributed by atoms with van der Waals surface area (Å²) in [6.07, 6.45) is 3.20. The van der Waals surface area contributed by atoms with E-state index in [4.69, 9.17) is 4.74 Å². The normalized spacial score (nSPS) is 24.6. The van der Waals surface area contributed by atoms with Gasteiger partial charge < -0.3 is 4.74 Å². The molecule has 0 radical (unpaired) electrons. The van der Waals surface area contributed by atoms with Crippen molar-refractivity contribution in [1.82, 2.24) is 0 Å². The van der Waals surface area contributed by atoms with Crippen LogP contribution in [0.5, 0.6) is 0 Å². The second-order valence-corrected chi connectivity index (χ2v) is 9.13. The van der Waals surface area contributed by atoms with Gasteiger partial charge >= 0.3 is 5.97 Å². The summed E-state index contributed by atoms with van der Waals surface area (Å²) in [4.78, 5) is 12.7. The number of carbonyl (C=O) groups excluding carboxylic acids is 1. The van der Waals surface area contributed by atoms with Crippen LogP contribution in [-0.2, 0) is 9.53 Å². The third-order valence-electron chi connectivity index (χ3n) is 5.25. The highest BCUT2D eigenvalue weighted by molar-refractivity contribution is 5.87. The van der Waals surface area contributed by atoms with Crippen LogP contribution in [0.25, 0.3) is 0 Å². The van der Waals surface area contributed by atoms with E-state index in [2.05, 4.69) is 47.6 Å². The van der Waals surface area contributed by atoms with E-state index >= 15 is 0 Å². The molecule has 2 nitrogen and oxygen atoms in total. The van der Waals surface area contributed by atoms with Crippen LogP contribution in [-0.4, -0.2) is 5.97 Å². The zero-order valence-electron chi connectivity index (χ0n) is 15.6. The number of carbonyl (C=O) groups is 1. The van der Waals surface area contributed by atoms with E-state index in [-0.39, 0.29) is 28.6 Å². The number of allylic oxidation sites excluding steroid dienone is 3. The van der Waals surface area contributed by atoms with Gasteiger partial charge in [-0.1, -0.05) is 83.5 Å². The smallest absolute Gasteiger partial charge is 0.323 e. The van der Waals surface area contributed by atoms with E-state index in [9.17, 15) is 4.79 Å². The Morgan fingerprint density at radius 1 is 1.00 bits per heavy atom. The summed E-state index contributed by atoms with van der Waals surface area (Å²) in [5, 5.41) is 0. The van der Waals surface area contributed by atoms with Crippen molar-refractivity contribution in [2.75, 3.05) is 0 Å². The van der Waals surface area contributed by atoms with E-state index in [1.165, 1.54) is 5.57 Å². The minimum absolute atomic E-state index is 0.0528. The van der Waals surface area contributed by atoms with Crippen molar-refractivity contribution in [3.05, 3.63) is 58.9 Å². The molecule has 0 amide bonds. The van der Waals surface area contributed by atoms with E-state index in [0.29, 0.717) is 0 Å². The second kappa shape index (κ2) is 5.61. The Balaban J connectivity index is 2.14. The van der Waals surface area contributed by atoms with Crippen molar-refractivity contribution in [2.24, 2.45) is 16.7 Å². The Morgan fingerprint density at radius 2 is 1.62 bits per heavy atom. The fourth-order valence-electron chi connectivity index (χ4n) is 3.66. The van der Waals surface area contributed by atoms with Gasteiger partial charge in [-0.25, -0.2) is 0 Å². The van der Waals surface area contributed by atoms with Crippen molar-refractivity contribution in [1.29, 1.82) is 0 Å². The van der Waals surface area contributed by atoms with E-state index in [1.54, 1.807) is 0 Å². The maximum Gasteiger partial charge on any atom is 0.323 e. The molecule has 2 heteroatoms. The second-order valence-electron chi connectivity index (χ2n) is 9.13. The first-order valence-corrected chi connectivity index (χ1v) is 8.81. The highest BCUT2D eigenvalue weighted by atomic mass is 16.5. The molecule has 0 spiro atoms. The molecule has 128 valence electrons. The first-order valence-electron chi connectivity index (χ1n) is 8.81. The van der Waals surface area contributed by atoms with Gasteiger partial charge in [0.15, 0.2) is 0 Å². The lowest BCUT2D eigenvalue weighted by molar-refractivity contribution is -0.139. The van der Waals surface area contributed by atoms with Crippen LogP contribution in [0.15, 0.2) is 53.3 Å². The summed E-state index contributed by atoms with van der Waals surface area (Å²) in [6.45, 7) is 13.4. The Morgan fingerprint density at radius 3 is 2.17 bits per heavy atom. The topological polar surface area (TPSA) is 26.3 Å². The van der Waals surface area contributed by atoms with Crippen LogP contribution in [0.1, 0.15) is 59.4 Å². The Hall–Kier alpha value is -1.83. The van der Waals surface area contributed by atoms with Gasteiger partial charge in [0.2, 0.25) is 0 Å². The molecule has 0 saturated heterocycles. The minimum Gasteiger partial charge on any atom is -0.430 e. The van der Waals surface area contributed by atoms with Gasteiger partial charge in [-0.2, -0.15) is 0 Å². The molecule has 0 fully saturated rings. The van der Waals surface area contributed by atoms with Crippen LogP contribution in [0.2, 0.25) is 0 Å². The summed E-state index contributed by atoms with van der Waals surface area (Å²) in [5.41, 5.74) is 3.64. The average Bonchev–Trinajstić information content (AvgIpc) is 2.80. The van der Waals surface area contributed by atoms with Crippen molar-refractivity contribution in [3.63, 3.8) is 0 Å². The Labute approximate surface area is 145 Å². The number of hydrogen-bond acceptors (Lipinski definition) is 2. The standard InChI is InChI=1S/C22H28O2/c1-21(2,3)15-12-16-18(14-10-8-7-9-11-14)20(23)24-19(16)17(13-15)22(4,5)6/h7-12,17-18H,13H2,1-6H3. The summed E-state index contributed by atoms with van der Waals surface area (Å²) < 4.78 is 5.83. The van der Waals surface area contributed by atoms with Gasteiger partial charge in [-0.3, -0.25) is 4.79 Å². The number of hydrogen-bond donors (Lipinski definition) is 0. The van der Waals surface area contributed by atoms with Crippen molar-refractivity contribution in [2.45, 2.75) is 53.9 Å². The van der Waals surface area contributed by atoms with E-state index in [1.807, 2.05) is 30.3 Å². The Bertz CT molecular complexity index is 709. The minimum atomic E-state index is -0.288. The van der Waals surface area contributed by atoms with Crippen LogP contribution in [0, 0.1) is 16.7 Å². The molecule has 1 aliphatic heterocycles. The van der Waals surface area contributed by atoms with Gasteiger partial charge in [0.25, 0.3) is 0 Å². The summed E-state index contributed by atoms with van der Waals surface area (Å²) in [6, 6.07) is 9.99. The van der Waals surface area contributed by atoms with Crippen LogP contribution in [0.4, 0.5) is 0 Å². The molecular formula is C22H28O2. The summed E-state index contributed by atoms with van der Waals surface area (Å²) >= 11 is 0. The lowest BCUT2D eigenvalue weighted by atomic mass is 9.67. The molecule has 2 atom stereocenters. The first-order chi connectivity index (χ1) is 11.1. The fraction of sp³-hybridized carbons (Fsp3) is 0.500. The van der Waals surface area contributed by atoms with Crippen LogP contribution < -0.4 is 0 Å². The quantitative estimate of drug-likeness (QED) is 0.627. The van der Waals surface area contributed by atoms with Gasteiger partial charge in [-0.15, -0.1) is 0 Å². The number of esters is 1. The molecule has 0 saturated carbocycles. The maximum absolute atomic E-state index is 12.7. The lowest BCUT2D eigenvalue weighted by Gasteiger charge is -2.37. The highest BCUT2D eigenvalue weighted by Gasteiger charge is 2.45. The van der Waals surface area contributed by atoms with E-state index in [0.717, 1.165) is 23.3 Å². The zero-order chi connectivity index (χ0) is 17.7. The zero-order valence-corrected chi connectivity index (χ0v) is 15.6. The number of ether oxygens (including phenoxy) is 1. The van der Waals surface area contributed by atoms with Crippen molar-refractivity contribution in [3.8, 4) is 0 Å². The monoisotopic (exact) mass is 324 g/mol. The molecule has 0 N–H and O–H groups in total. The predicted octanol–water partition coefficient (Wildman–Crippen LogP) is 5.62. The number of rotatable bonds is 1. The van der Waals surface area contributed by atoms with Crippen LogP contribution in [0.3, 0.4) is 0 Å². The molecular weight excluding hydrogens is 296 g/mol. The van der Waals surface area contributed by atoms with Gasteiger partial charge in [0.05, 0.1) is 0 Å². The lowest BCUT2D eigenvalue weighted by Crippen LogP contribution is -2.28. The summed E-state index contributed by atoms with van der Waals surface area (Å²) in [5.74, 6) is 0.717. The molecule has 2 aliphatic rings. The van der Waals surface area contributed by atoms with Gasteiger partial charge in [0.1, 0.15) is 11.7 Å². The SMILES string of the molecule is CC(C)(C)C1=CC2=C(OC(=O)C2c2ccccc2)C(C(C)(C)C)C1.